The van der Waals surface area contributed by atoms with Gasteiger partial charge in [0.15, 0.2) is 5.60 Å². The quantitative estimate of drug-likeness (QED) is 0.261. The molecule has 4 bridgehead atoms. The van der Waals surface area contributed by atoms with Gasteiger partial charge in [0.1, 0.15) is 13.6 Å². The summed E-state index contributed by atoms with van der Waals surface area (Å²) in [5.74, 6) is 0.683. The van der Waals surface area contributed by atoms with Crippen LogP contribution in [-0.2, 0) is 24.9 Å². The molecule has 29 heavy (non-hydrogen) atoms. The Bertz CT molecular complexity index is 802. The molecule has 4 aliphatic carbocycles. The summed E-state index contributed by atoms with van der Waals surface area (Å²) < 4.78 is 21.5. The fraction of sp³-hybridized carbons (Fsp3) is 0.667. The summed E-state index contributed by atoms with van der Waals surface area (Å²) in [4.78, 5) is 33.6. The summed E-state index contributed by atoms with van der Waals surface area (Å²) in [6.07, 6.45) is 5.61. The van der Waals surface area contributed by atoms with Gasteiger partial charge in [-0.25, -0.2) is 4.89 Å². The van der Waals surface area contributed by atoms with Crippen LogP contribution in [0.15, 0.2) is 18.2 Å². The van der Waals surface area contributed by atoms with Crippen LogP contribution >= 0.6 is 19.4 Å². The van der Waals surface area contributed by atoms with Gasteiger partial charge in [0, 0.05) is 12.7 Å². The summed E-state index contributed by atoms with van der Waals surface area (Å²) in [6, 6.07) is 4.59. The minimum atomic E-state index is -5.24. The number of ether oxygens (including phenoxy) is 1. The van der Waals surface area contributed by atoms with Crippen LogP contribution in [0, 0.1) is 23.7 Å². The molecule has 1 saturated heterocycles. The molecule has 1 spiro atoms. The molecule has 11 heteroatoms. The number of hydrogen-bond donors (Lipinski definition) is 0. The fourth-order valence-electron chi connectivity index (χ4n) is 6.26. The Morgan fingerprint density at radius 2 is 1.66 bits per heavy atom. The standard InChI is InChI=1S/C18H22ClO7P.2Na/c1-23-18(12-2-3-15(19)16(9-12)24-27(20,21)22)17(25-26-18)13-5-10-4-11(7-13)8-14(17)6-10;;/h2-3,9-11,13-14H,4-8H2,1H3,(H2,20,21,22);;/q;2*+1/p-2. The molecule has 0 aromatic heterocycles. The number of rotatable bonds is 4. The van der Waals surface area contributed by atoms with Crippen molar-refractivity contribution in [1.29, 1.82) is 0 Å². The molecular weight excluding hydrogens is 441 g/mol. The summed E-state index contributed by atoms with van der Waals surface area (Å²) >= 11 is 6.02. The normalized spacial score (nSPS) is 39.4. The fourth-order valence-corrected chi connectivity index (χ4v) is 6.86. The van der Waals surface area contributed by atoms with Gasteiger partial charge in [-0.1, -0.05) is 17.7 Å². The van der Waals surface area contributed by atoms with Gasteiger partial charge < -0.3 is 23.6 Å². The molecule has 4 saturated carbocycles. The van der Waals surface area contributed by atoms with E-state index in [1.54, 1.807) is 13.2 Å². The maximum atomic E-state index is 11.1. The summed E-state index contributed by atoms with van der Waals surface area (Å²) in [6.45, 7) is 0. The molecule has 6 rings (SSSR count). The topological polar surface area (TPSA) is 100 Å². The molecule has 148 valence electrons. The summed E-state index contributed by atoms with van der Waals surface area (Å²) in [5.41, 5.74) is -0.0737. The van der Waals surface area contributed by atoms with Crippen molar-refractivity contribution in [3.63, 3.8) is 0 Å². The molecule has 0 N–H and O–H groups in total. The van der Waals surface area contributed by atoms with Gasteiger partial charge in [0.2, 0.25) is 0 Å². The average molecular weight is 461 g/mol. The van der Waals surface area contributed by atoms with Crippen molar-refractivity contribution >= 4 is 19.4 Å². The van der Waals surface area contributed by atoms with Crippen molar-refractivity contribution in [1.82, 2.24) is 0 Å². The molecule has 1 aliphatic heterocycles. The van der Waals surface area contributed by atoms with Crippen molar-refractivity contribution in [3.05, 3.63) is 28.8 Å². The zero-order chi connectivity index (χ0) is 19.0. The number of methoxy groups -OCH3 is 1. The van der Waals surface area contributed by atoms with Gasteiger partial charge in [-0.05, 0) is 67.9 Å². The third-order valence-electron chi connectivity index (χ3n) is 6.97. The largest absolute Gasteiger partial charge is 1.00 e. The van der Waals surface area contributed by atoms with Gasteiger partial charge in [0.25, 0.3) is 5.79 Å². The Kier molecular flexibility index (Phi) is 7.41. The third kappa shape index (κ3) is 3.76. The van der Waals surface area contributed by atoms with E-state index in [0.717, 1.165) is 37.5 Å². The van der Waals surface area contributed by atoms with Crippen molar-refractivity contribution in [2.75, 3.05) is 7.11 Å². The van der Waals surface area contributed by atoms with Crippen molar-refractivity contribution < 1.29 is 92.5 Å². The monoisotopic (exact) mass is 460 g/mol. The van der Waals surface area contributed by atoms with Crippen LogP contribution in [0.5, 0.6) is 5.75 Å². The molecule has 1 atom stereocenters. The Balaban J connectivity index is 0.00000120. The van der Waals surface area contributed by atoms with E-state index < -0.39 is 19.2 Å². The van der Waals surface area contributed by atoms with Gasteiger partial charge in [-0.2, -0.15) is 4.89 Å². The molecule has 0 amide bonds. The molecule has 1 aromatic rings. The van der Waals surface area contributed by atoms with Crippen molar-refractivity contribution in [2.45, 2.75) is 43.5 Å². The van der Waals surface area contributed by atoms with Gasteiger partial charge >= 0.3 is 59.1 Å². The van der Waals surface area contributed by atoms with E-state index >= 15 is 0 Å². The molecule has 7 nitrogen and oxygen atoms in total. The smallest absolute Gasteiger partial charge is 0.780 e. The van der Waals surface area contributed by atoms with E-state index in [0.29, 0.717) is 17.4 Å². The van der Waals surface area contributed by atoms with Crippen molar-refractivity contribution in [2.24, 2.45) is 23.7 Å². The Morgan fingerprint density at radius 1 is 1.07 bits per heavy atom. The predicted octanol–water partition coefficient (Wildman–Crippen LogP) is -3.49. The maximum Gasteiger partial charge on any atom is 1.00 e. The van der Waals surface area contributed by atoms with Crippen LogP contribution < -0.4 is 73.4 Å². The molecule has 1 heterocycles. The minimum Gasteiger partial charge on any atom is -0.780 e. The van der Waals surface area contributed by atoms with E-state index in [9.17, 15) is 14.4 Å². The number of phosphoric ester groups is 1. The Labute approximate surface area is 218 Å². The number of phosphoric acid groups is 1. The zero-order valence-electron chi connectivity index (χ0n) is 16.8. The second-order valence-electron chi connectivity index (χ2n) is 8.27. The van der Waals surface area contributed by atoms with Crippen LogP contribution in [0.4, 0.5) is 0 Å². The Hall–Kier alpha value is 1.34. The van der Waals surface area contributed by atoms with Crippen LogP contribution in [-0.4, -0.2) is 12.7 Å². The Morgan fingerprint density at radius 3 is 2.10 bits per heavy atom. The van der Waals surface area contributed by atoms with Gasteiger partial charge in [0.05, 0.1) is 5.02 Å². The number of halogens is 1. The molecule has 0 radical (unpaired) electrons. The average Bonchev–Trinajstić information content (AvgIpc) is 2.56. The molecule has 5 aliphatic rings. The summed E-state index contributed by atoms with van der Waals surface area (Å²) in [5, 5.41) is 0.0244. The van der Waals surface area contributed by atoms with E-state index in [1.165, 1.54) is 18.6 Å². The van der Waals surface area contributed by atoms with Crippen LogP contribution in [0.25, 0.3) is 0 Å². The molecular formula is C18H20ClNa2O7P. The van der Waals surface area contributed by atoms with Crippen LogP contribution in [0.2, 0.25) is 5.02 Å². The predicted molar refractivity (Wildman–Crippen MR) is 90.3 cm³/mol. The number of benzene rings is 1. The van der Waals surface area contributed by atoms with Crippen LogP contribution in [0.1, 0.15) is 37.7 Å². The molecule has 1 aromatic carbocycles. The third-order valence-corrected chi connectivity index (χ3v) is 7.70. The first kappa shape index (κ1) is 25.0. The van der Waals surface area contributed by atoms with E-state index in [4.69, 9.17) is 26.1 Å². The van der Waals surface area contributed by atoms with Gasteiger partial charge in [-0.3, -0.25) is 0 Å². The van der Waals surface area contributed by atoms with E-state index in [1.807, 2.05) is 0 Å². The van der Waals surface area contributed by atoms with Gasteiger partial charge in [-0.15, -0.1) is 0 Å². The SMILES string of the molecule is COC1(c2ccc(Cl)c(OP(=O)([O-])[O-])c2)OOC12C1CC3CC(C1)CC2C3.[Na+].[Na+]. The van der Waals surface area contributed by atoms with Crippen LogP contribution in [0.3, 0.4) is 0 Å². The first-order valence-electron chi connectivity index (χ1n) is 9.21. The summed E-state index contributed by atoms with van der Waals surface area (Å²) in [7, 11) is -3.69. The van der Waals surface area contributed by atoms with E-state index in [2.05, 4.69) is 4.52 Å². The first-order valence-corrected chi connectivity index (χ1v) is 11.0. The van der Waals surface area contributed by atoms with Crippen molar-refractivity contribution in [3.8, 4) is 5.75 Å². The number of hydrogen-bond acceptors (Lipinski definition) is 7. The minimum absolute atomic E-state index is 0. The zero-order valence-corrected chi connectivity index (χ0v) is 22.4. The molecule has 5 fully saturated rings. The second-order valence-corrected chi connectivity index (χ2v) is 9.75. The molecule has 1 unspecified atom stereocenters. The van der Waals surface area contributed by atoms with E-state index in [-0.39, 0.29) is 69.9 Å². The first-order chi connectivity index (χ1) is 12.8. The second kappa shape index (κ2) is 8.60. The maximum absolute atomic E-state index is 11.1.